The Morgan fingerprint density at radius 1 is 0.679 bits per heavy atom. The number of rotatable bonds is 5. The van der Waals surface area contributed by atoms with Gasteiger partial charge in [0.05, 0.1) is 0 Å². The Labute approximate surface area is 187 Å². The van der Waals surface area contributed by atoms with E-state index in [1.165, 1.54) is 75.3 Å². The summed E-state index contributed by atoms with van der Waals surface area (Å²) in [5, 5.41) is 1.61. The summed E-state index contributed by atoms with van der Waals surface area (Å²) in [5.74, 6) is 0. The van der Waals surface area contributed by atoms with E-state index in [0.29, 0.717) is 0 Å². The van der Waals surface area contributed by atoms with Crippen LogP contribution in [-0.2, 0) is 19.2 Å². The van der Waals surface area contributed by atoms with Gasteiger partial charge < -0.3 is 0 Å². The molecule has 2 saturated carbocycles. The van der Waals surface area contributed by atoms with Gasteiger partial charge >= 0.3 is 188 Å². The molecule has 0 radical (unpaired) electrons. The van der Waals surface area contributed by atoms with E-state index in [-0.39, 0.29) is 3.59 Å². The van der Waals surface area contributed by atoms with Crippen molar-refractivity contribution in [2.75, 3.05) is 0 Å². The van der Waals surface area contributed by atoms with Crippen molar-refractivity contribution in [3.05, 3.63) is 54.6 Å². The van der Waals surface area contributed by atoms with Crippen molar-refractivity contribution in [2.24, 2.45) is 0 Å². The van der Waals surface area contributed by atoms with Crippen LogP contribution in [0.1, 0.15) is 64.2 Å². The SMILES string of the molecule is Cl[CH]([Pd])[PH](c1ccc(-c2ccccc2)cc1)(C1CCCCC1)C1CCCCC1. The summed E-state index contributed by atoms with van der Waals surface area (Å²) in [6.07, 6.45) is 14.0. The van der Waals surface area contributed by atoms with Crippen LogP contribution in [0.25, 0.3) is 11.1 Å². The van der Waals surface area contributed by atoms with E-state index in [4.69, 9.17) is 11.6 Å². The molecule has 2 aliphatic rings. The third-order valence-corrected chi connectivity index (χ3v) is 16.5. The van der Waals surface area contributed by atoms with Crippen molar-refractivity contribution in [3.8, 4) is 11.1 Å². The van der Waals surface area contributed by atoms with E-state index in [2.05, 4.69) is 73.8 Å². The molecule has 4 rings (SSSR count). The molecule has 3 heteroatoms. The molecule has 2 fully saturated rings. The molecule has 2 aliphatic carbocycles. The van der Waals surface area contributed by atoms with Crippen molar-refractivity contribution in [1.82, 2.24) is 0 Å². The van der Waals surface area contributed by atoms with Crippen LogP contribution < -0.4 is 5.30 Å². The Morgan fingerprint density at radius 2 is 1.14 bits per heavy atom. The molecule has 1 atom stereocenters. The van der Waals surface area contributed by atoms with E-state index in [0.717, 1.165) is 11.3 Å². The third kappa shape index (κ3) is 4.16. The van der Waals surface area contributed by atoms with E-state index < -0.39 is 7.26 Å². The second-order valence-corrected chi connectivity index (χ2v) is 16.4. The topological polar surface area (TPSA) is 0 Å². The fraction of sp³-hybridized carbons (Fsp3) is 0.520. The maximum absolute atomic E-state index is 7.15. The van der Waals surface area contributed by atoms with Crippen LogP contribution in [0, 0.1) is 0 Å². The zero-order valence-corrected chi connectivity index (χ0v) is 20.0. The second-order valence-electron chi connectivity index (χ2n) is 8.82. The molecule has 0 aliphatic heterocycles. The van der Waals surface area contributed by atoms with Crippen LogP contribution >= 0.6 is 18.9 Å². The maximum atomic E-state index is 7.15. The van der Waals surface area contributed by atoms with Gasteiger partial charge in [-0.2, -0.15) is 0 Å². The summed E-state index contributed by atoms with van der Waals surface area (Å²) in [7, 11) is -1.87. The summed E-state index contributed by atoms with van der Waals surface area (Å²) >= 11 is 10.8. The second kappa shape index (κ2) is 9.75. The molecule has 0 N–H and O–H groups in total. The first-order valence-electron chi connectivity index (χ1n) is 11.1. The molecule has 0 saturated heterocycles. The average Bonchev–Trinajstić information content (AvgIpc) is 2.77. The fourth-order valence-electron chi connectivity index (χ4n) is 5.99. The van der Waals surface area contributed by atoms with E-state index in [1.54, 1.807) is 5.30 Å². The van der Waals surface area contributed by atoms with E-state index in [9.17, 15) is 0 Å². The van der Waals surface area contributed by atoms with Gasteiger partial charge in [0.2, 0.25) is 0 Å². The molecule has 1 unspecified atom stereocenters. The monoisotopic (exact) mass is 505 g/mol. The van der Waals surface area contributed by atoms with Crippen LogP contribution in [0.3, 0.4) is 0 Å². The van der Waals surface area contributed by atoms with Crippen LogP contribution in [0.4, 0.5) is 0 Å². The molecule has 2 aromatic rings. The zero-order chi connectivity index (χ0) is 19.4. The van der Waals surface area contributed by atoms with Gasteiger partial charge in [0, 0.05) is 0 Å². The minimum atomic E-state index is -1.87. The van der Waals surface area contributed by atoms with Gasteiger partial charge in [-0.3, -0.25) is 0 Å². The molecule has 0 spiro atoms. The van der Waals surface area contributed by atoms with Crippen molar-refractivity contribution in [3.63, 3.8) is 0 Å². The van der Waals surface area contributed by atoms with Crippen LogP contribution in [0.5, 0.6) is 0 Å². The number of alkyl halides is 1. The van der Waals surface area contributed by atoms with Gasteiger partial charge in [-0.15, -0.1) is 0 Å². The molecule has 28 heavy (non-hydrogen) atoms. The molecule has 0 amide bonds. The van der Waals surface area contributed by atoms with Gasteiger partial charge in [0.1, 0.15) is 0 Å². The summed E-state index contributed by atoms with van der Waals surface area (Å²) in [6.45, 7) is 0. The fourth-order valence-corrected chi connectivity index (χ4v) is 16.4. The van der Waals surface area contributed by atoms with Crippen LogP contribution in [0.15, 0.2) is 54.6 Å². The van der Waals surface area contributed by atoms with Crippen LogP contribution in [-0.4, -0.2) is 14.9 Å². The molecule has 0 bridgehead atoms. The number of hydrogen-bond donors (Lipinski definition) is 0. The zero-order valence-electron chi connectivity index (χ0n) is 16.7. The summed E-state index contributed by atoms with van der Waals surface area (Å²) in [5.41, 5.74) is 4.30. The van der Waals surface area contributed by atoms with E-state index in [1.807, 2.05) is 0 Å². The number of halogens is 1. The molecular weight excluding hydrogens is 473 g/mol. The summed E-state index contributed by atoms with van der Waals surface area (Å²) < 4.78 is 0.171. The predicted octanol–water partition coefficient (Wildman–Crippen LogP) is 7.46. The average molecular weight is 506 g/mol. The number of hydrogen-bond acceptors (Lipinski definition) is 0. The Bertz CT molecular complexity index is 713. The van der Waals surface area contributed by atoms with Crippen molar-refractivity contribution < 1.29 is 19.2 Å². The summed E-state index contributed by atoms with van der Waals surface area (Å²) in [4.78, 5) is 0. The van der Waals surface area contributed by atoms with Gasteiger partial charge in [-0.25, -0.2) is 0 Å². The van der Waals surface area contributed by atoms with Gasteiger partial charge in [0.25, 0.3) is 0 Å². The molecule has 155 valence electrons. The first-order chi connectivity index (χ1) is 13.7. The molecule has 2 aromatic carbocycles. The molecule has 0 heterocycles. The normalized spacial score (nSPS) is 21.4. The first-order valence-corrected chi connectivity index (χ1v) is 14.7. The predicted molar refractivity (Wildman–Crippen MR) is 123 cm³/mol. The van der Waals surface area contributed by atoms with E-state index >= 15 is 0 Å². The Morgan fingerprint density at radius 3 is 1.61 bits per heavy atom. The molecular formula is C25H33ClPPd. The Balaban J connectivity index is 1.75. The molecule has 0 aromatic heterocycles. The quantitative estimate of drug-likeness (QED) is 0.224. The van der Waals surface area contributed by atoms with Gasteiger partial charge in [0.15, 0.2) is 0 Å². The number of benzene rings is 2. The summed E-state index contributed by atoms with van der Waals surface area (Å²) in [6, 6.07) is 20.4. The minimum absolute atomic E-state index is 0.171. The van der Waals surface area contributed by atoms with Crippen LogP contribution in [0.2, 0.25) is 0 Å². The molecule has 0 nitrogen and oxygen atoms in total. The standard InChI is InChI=1S/C25H33ClP.Pd/c26-20-27(23-12-6-2-7-13-23,24-14-8-3-9-15-24)25-18-16-22(17-19-25)21-10-4-1-5-11-21;/h1,4-5,10-11,16-20,23-24,27H,2-3,6-9,12-15H2;. The van der Waals surface area contributed by atoms with Crippen molar-refractivity contribution in [1.29, 1.82) is 0 Å². The van der Waals surface area contributed by atoms with Crippen molar-refractivity contribution >= 4 is 24.2 Å². The van der Waals surface area contributed by atoms with Crippen molar-refractivity contribution in [2.45, 2.75) is 79.1 Å². The third-order valence-electron chi connectivity index (χ3n) is 7.39. The Kier molecular flexibility index (Phi) is 7.34. The van der Waals surface area contributed by atoms with Gasteiger partial charge in [-0.05, 0) is 0 Å². The Hall–Kier alpha value is -0.178. The van der Waals surface area contributed by atoms with Gasteiger partial charge in [-0.1, -0.05) is 0 Å². The first kappa shape index (κ1) is 21.1.